The molecule has 0 aliphatic heterocycles. The van der Waals surface area contributed by atoms with Gasteiger partial charge in [0.05, 0.1) is 15.5 Å². The third-order valence-electron chi connectivity index (χ3n) is 2.41. The first-order valence-corrected chi connectivity index (χ1v) is 6.14. The molecule has 0 aliphatic rings. The summed E-state index contributed by atoms with van der Waals surface area (Å²) in [4.78, 5) is 21.9. The van der Waals surface area contributed by atoms with Gasteiger partial charge in [-0.3, -0.25) is 10.1 Å². The average molecular weight is 312 g/mol. The number of hydrogen-bond donors (Lipinski definition) is 0. The first-order chi connectivity index (χ1) is 9.47. The zero-order chi connectivity index (χ0) is 14.7. The highest BCUT2D eigenvalue weighted by Gasteiger charge is 2.16. The maximum atomic E-state index is 11.9. The van der Waals surface area contributed by atoms with Crippen molar-refractivity contribution in [1.82, 2.24) is 0 Å². The van der Waals surface area contributed by atoms with Gasteiger partial charge in [0.15, 0.2) is 0 Å². The minimum atomic E-state index is -0.702. The Morgan fingerprint density at radius 3 is 2.30 bits per heavy atom. The van der Waals surface area contributed by atoms with Crippen LogP contribution in [0.5, 0.6) is 5.75 Å². The maximum absolute atomic E-state index is 11.9. The molecule has 0 N–H and O–H groups in total. The highest BCUT2D eigenvalue weighted by molar-refractivity contribution is 6.33. The van der Waals surface area contributed by atoms with Crippen molar-refractivity contribution in [1.29, 1.82) is 0 Å². The summed E-state index contributed by atoms with van der Waals surface area (Å²) in [5.41, 5.74) is -0.148. The first-order valence-electron chi connectivity index (χ1n) is 5.39. The van der Waals surface area contributed by atoms with E-state index in [9.17, 15) is 14.9 Å². The molecule has 2 aromatic rings. The lowest BCUT2D eigenvalue weighted by Gasteiger charge is -2.05. The summed E-state index contributed by atoms with van der Waals surface area (Å²) in [7, 11) is 0. The van der Waals surface area contributed by atoms with Crippen molar-refractivity contribution in [2.24, 2.45) is 0 Å². The molecule has 0 unspecified atom stereocenters. The quantitative estimate of drug-likeness (QED) is 0.370. The predicted molar refractivity (Wildman–Crippen MR) is 74.5 cm³/mol. The van der Waals surface area contributed by atoms with E-state index in [4.69, 9.17) is 27.9 Å². The number of nitrogens with zero attached hydrogens (tertiary/aromatic N) is 1. The number of rotatable bonds is 3. The fourth-order valence-electron chi connectivity index (χ4n) is 1.45. The molecule has 0 fully saturated rings. The Morgan fingerprint density at radius 1 is 1.10 bits per heavy atom. The average Bonchev–Trinajstić information content (AvgIpc) is 2.41. The fraction of sp³-hybridized carbons (Fsp3) is 0. The molecule has 0 spiro atoms. The Bertz CT molecular complexity index is 671. The molecular weight excluding hydrogens is 305 g/mol. The van der Waals surface area contributed by atoms with E-state index in [2.05, 4.69) is 0 Å². The second kappa shape index (κ2) is 5.90. The normalized spacial score (nSPS) is 10.1. The molecule has 0 saturated carbocycles. The van der Waals surface area contributed by atoms with E-state index < -0.39 is 10.9 Å². The Labute approximate surface area is 123 Å². The summed E-state index contributed by atoms with van der Waals surface area (Å²) >= 11 is 11.5. The van der Waals surface area contributed by atoms with Crippen LogP contribution in [0.15, 0.2) is 42.5 Å². The van der Waals surface area contributed by atoms with Gasteiger partial charge in [0.2, 0.25) is 0 Å². The zero-order valence-electron chi connectivity index (χ0n) is 9.88. The lowest BCUT2D eigenvalue weighted by Crippen LogP contribution is -2.09. The van der Waals surface area contributed by atoms with Gasteiger partial charge in [-0.1, -0.05) is 23.2 Å². The molecule has 0 saturated heterocycles. The highest BCUT2D eigenvalue weighted by atomic mass is 35.5. The molecule has 102 valence electrons. The molecule has 0 atom stereocenters. The van der Waals surface area contributed by atoms with E-state index in [0.29, 0.717) is 10.8 Å². The van der Waals surface area contributed by atoms with E-state index in [0.717, 1.165) is 6.07 Å². The number of carbonyl (C=O) groups excluding carboxylic acids is 1. The van der Waals surface area contributed by atoms with Crippen molar-refractivity contribution in [2.45, 2.75) is 0 Å². The van der Waals surface area contributed by atoms with Crippen molar-refractivity contribution < 1.29 is 14.5 Å². The van der Waals surface area contributed by atoms with Gasteiger partial charge in [0.1, 0.15) is 5.75 Å². The molecular formula is C13H7Cl2NO4. The number of nitro benzene ring substituents is 1. The van der Waals surface area contributed by atoms with Gasteiger partial charge >= 0.3 is 5.97 Å². The Balaban J connectivity index is 2.21. The van der Waals surface area contributed by atoms with Crippen molar-refractivity contribution in [3.05, 3.63) is 68.2 Å². The molecule has 0 bridgehead atoms. The maximum Gasteiger partial charge on any atom is 0.345 e. The van der Waals surface area contributed by atoms with Gasteiger partial charge in [-0.05, 0) is 30.3 Å². The van der Waals surface area contributed by atoms with E-state index in [1.165, 1.54) is 24.3 Å². The van der Waals surface area contributed by atoms with Crippen LogP contribution in [-0.2, 0) is 0 Å². The Hall–Kier alpha value is -2.11. The topological polar surface area (TPSA) is 69.4 Å². The summed E-state index contributed by atoms with van der Waals surface area (Å²) in [5.74, 6) is -0.402. The largest absolute Gasteiger partial charge is 0.423 e. The molecule has 0 radical (unpaired) electrons. The Morgan fingerprint density at radius 2 is 1.75 bits per heavy atom. The molecule has 0 aliphatic carbocycles. The molecule has 0 amide bonds. The lowest BCUT2D eigenvalue weighted by molar-refractivity contribution is -0.384. The van der Waals surface area contributed by atoms with Crippen LogP contribution in [0, 0.1) is 10.1 Å². The minimum Gasteiger partial charge on any atom is -0.423 e. The second-order valence-electron chi connectivity index (χ2n) is 3.76. The third-order valence-corrected chi connectivity index (χ3v) is 2.97. The van der Waals surface area contributed by atoms with Crippen LogP contribution < -0.4 is 4.74 Å². The summed E-state index contributed by atoms with van der Waals surface area (Å²) in [5, 5.41) is 11.0. The predicted octanol–water partition coefficient (Wildman–Crippen LogP) is 4.12. The van der Waals surface area contributed by atoms with Crippen molar-refractivity contribution >= 4 is 34.9 Å². The van der Waals surface area contributed by atoms with Gasteiger partial charge in [0, 0.05) is 17.2 Å². The number of non-ortho nitro benzene ring substituents is 1. The van der Waals surface area contributed by atoms with E-state index in [-0.39, 0.29) is 16.3 Å². The highest BCUT2D eigenvalue weighted by Crippen LogP contribution is 2.24. The minimum absolute atomic E-state index is 0.0434. The molecule has 5 nitrogen and oxygen atoms in total. The number of esters is 1. The van der Waals surface area contributed by atoms with Crippen molar-refractivity contribution in [3.8, 4) is 5.75 Å². The molecule has 2 aromatic carbocycles. The number of benzene rings is 2. The van der Waals surface area contributed by atoms with Gasteiger partial charge in [0.25, 0.3) is 5.69 Å². The number of hydrogen-bond acceptors (Lipinski definition) is 4. The summed E-state index contributed by atoms with van der Waals surface area (Å²) < 4.78 is 5.08. The molecule has 0 aromatic heterocycles. The van der Waals surface area contributed by atoms with E-state index in [1.807, 2.05) is 0 Å². The smallest absolute Gasteiger partial charge is 0.345 e. The molecule has 7 heteroatoms. The SMILES string of the molecule is O=C(Oc1ccc(Cl)cc1)c1ccc([N+](=O)[O-])cc1Cl. The molecule has 2 rings (SSSR count). The van der Waals surface area contributed by atoms with E-state index in [1.54, 1.807) is 12.1 Å². The van der Waals surface area contributed by atoms with Crippen LogP contribution in [0.1, 0.15) is 10.4 Å². The fourth-order valence-corrected chi connectivity index (χ4v) is 1.83. The summed E-state index contributed by atoms with van der Waals surface area (Å²) in [6, 6.07) is 9.73. The van der Waals surface area contributed by atoms with Crippen LogP contribution in [0.2, 0.25) is 10.0 Å². The van der Waals surface area contributed by atoms with Crippen LogP contribution >= 0.6 is 23.2 Å². The standard InChI is InChI=1S/C13H7Cl2NO4/c14-8-1-4-10(5-2-8)20-13(17)11-6-3-9(16(18)19)7-12(11)15/h1-7H. The van der Waals surface area contributed by atoms with Crippen LogP contribution in [0.25, 0.3) is 0 Å². The third kappa shape index (κ3) is 3.26. The van der Waals surface area contributed by atoms with E-state index >= 15 is 0 Å². The van der Waals surface area contributed by atoms with Crippen molar-refractivity contribution in [3.63, 3.8) is 0 Å². The monoisotopic (exact) mass is 311 g/mol. The number of halogens is 2. The Kier molecular flexibility index (Phi) is 4.22. The second-order valence-corrected chi connectivity index (χ2v) is 4.61. The van der Waals surface area contributed by atoms with Gasteiger partial charge in [-0.15, -0.1) is 0 Å². The number of carbonyl (C=O) groups is 1. The first kappa shape index (κ1) is 14.3. The van der Waals surface area contributed by atoms with Gasteiger partial charge in [-0.2, -0.15) is 0 Å². The molecule has 0 heterocycles. The zero-order valence-corrected chi connectivity index (χ0v) is 11.4. The van der Waals surface area contributed by atoms with Gasteiger partial charge in [-0.25, -0.2) is 4.79 Å². The van der Waals surface area contributed by atoms with Crippen LogP contribution in [0.3, 0.4) is 0 Å². The van der Waals surface area contributed by atoms with Crippen LogP contribution in [-0.4, -0.2) is 10.9 Å². The molecule has 20 heavy (non-hydrogen) atoms. The van der Waals surface area contributed by atoms with Gasteiger partial charge < -0.3 is 4.74 Å². The summed E-state index contributed by atoms with van der Waals surface area (Å²) in [6.45, 7) is 0. The van der Waals surface area contributed by atoms with Crippen molar-refractivity contribution in [2.75, 3.05) is 0 Å². The van der Waals surface area contributed by atoms with Crippen LogP contribution in [0.4, 0.5) is 5.69 Å². The summed E-state index contributed by atoms with van der Waals surface area (Å²) in [6.07, 6.45) is 0. The number of ether oxygens (including phenoxy) is 1. The number of nitro groups is 1. The lowest BCUT2D eigenvalue weighted by atomic mass is 10.2.